The van der Waals surface area contributed by atoms with Gasteiger partial charge in [0.05, 0.1) is 6.61 Å². The van der Waals surface area contributed by atoms with Gasteiger partial charge in [-0.05, 0) is 53.9 Å². The minimum Gasteiger partial charge on any atom is -0.493 e. The van der Waals surface area contributed by atoms with E-state index >= 15 is 0 Å². The maximum atomic E-state index is 6.60. The molecule has 2 atom stereocenters. The zero-order valence-corrected chi connectivity index (χ0v) is 13.9. The van der Waals surface area contributed by atoms with Crippen molar-refractivity contribution in [1.29, 1.82) is 0 Å². The summed E-state index contributed by atoms with van der Waals surface area (Å²) in [7, 11) is 0. The largest absolute Gasteiger partial charge is 0.493 e. The van der Waals surface area contributed by atoms with Crippen molar-refractivity contribution < 1.29 is 4.74 Å². The molecule has 116 valence electrons. The molecule has 0 spiro atoms. The van der Waals surface area contributed by atoms with Crippen LogP contribution in [0.3, 0.4) is 0 Å². The predicted molar refractivity (Wildman–Crippen MR) is 88.1 cm³/mol. The van der Waals surface area contributed by atoms with E-state index in [-0.39, 0.29) is 6.04 Å². The van der Waals surface area contributed by atoms with E-state index in [1.165, 1.54) is 36.8 Å². The molecule has 3 heteroatoms. The highest BCUT2D eigenvalue weighted by atomic mass is 35.5. The smallest absolute Gasteiger partial charge is 0.125 e. The van der Waals surface area contributed by atoms with Crippen LogP contribution < -0.4 is 10.5 Å². The first-order valence-electron chi connectivity index (χ1n) is 8.17. The number of benzene rings is 1. The van der Waals surface area contributed by atoms with Crippen molar-refractivity contribution in [3.63, 3.8) is 0 Å². The Morgan fingerprint density at radius 3 is 2.95 bits per heavy atom. The third-order valence-corrected chi connectivity index (χ3v) is 5.61. The van der Waals surface area contributed by atoms with Crippen molar-refractivity contribution in [3.8, 4) is 5.75 Å². The molecule has 1 aliphatic heterocycles. The summed E-state index contributed by atoms with van der Waals surface area (Å²) < 4.78 is 5.81. The van der Waals surface area contributed by atoms with E-state index in [0.29, 0.717) is 11.3 Å². The van der Waals surface area contributed by atoms with Crippen molar-refractivity contribution in [2.75, 3.05) is 6.61 Å². The standard InChI is InChI=1S/C18H26ClNO/c1-18(2)7-4-3-5-15(18)16(20)11-13-10-14(19)9-12-6-8-21-17(12)13/h9-10,15-16H,3-8,11,20H2,1-2H3. The van der Waals surface area contributed by atoms with Crippen LogP contribution >= 0.6 is 11.6 Å². The fourth-order valence-electron chi connectivity index (χ4n) is 4.21. The van der Waals surface area contributed by atoms with Crippen molar-refractivity contribution in [3.05, 3.63) is 28.3 Å². The summed E-state index contributed by atoms with van der Waals surface area (Å²) in [5.74, 6) is 1.63. The predicted octanol–water partition coefficient (Wildman–Crippen LogP) is 4.36. The molecule has 1 aliphatic carbocycles. The van der Waals surface area contributed by atoms with E-state index in [4.69, 9.17) is 22.1 Å². The lowest BCUT2D eigenvalue weighted by Crippen LogP contribution is -2.43. The Bertz CT molecular complexity index is 526. The molecule has 1 heterocycles. The lowest BCUT2D eigenvalue weighted by molar-refractivity contribution is 0.112. The van der Waals surface area contributed by atoms with Crippen LogP contribution in [0.5, 0.6) is 5.75 Å². The van der Waals surface area contributed by atoms with Gasteiger partial charge in [-0.2, -0.15) is 0 Å². The highest BCUT2D eigenvalue weighted by Crippen LogP contribution is 2.43. The van der Waals surface area contributed by atoms with Gasteiger partial charge in [-0.25, -0.2) is 0 Å². The summed E-state index contributed by atoms with van der Waals surface area (Å²) in [5, 5.41) is 0.810. The SMILES string of the molecule is CC1(C)CCCCC1C(N)Cc1cc(Cl)cc2c1OCC2. The van der Waals surface area contributed by atoms with Gasteiger partial charge in [-0.15, -0.1) is 0 Å². The molecule has 1 aromatic carbocycles. The molecule has 2 aliphatic rings. The molecule has 3 rings (SSSR count). The van der Waals surface area contributed by atoms with Crippen LogP contribution in [0.1, 0.15) is 50.7 Å². The second-order valence-corrected chi connectivity index (χ2v) is 7.80. The van der Waals surface area contributed by atoms with E-state index in [1.807, 2.05) is 12.1 Å². The first-order valence-corrected chi connectivity index (χ1v) is 8.55. The van der Waals surface area contributed by atoms with Gasteiger partial charge in [0.25, 0.3) is 0 Å². The first-order chi connectivity index (χ1) is 9.97. The highest BCUT2D eigenvalue weighted by molar-refractivity contribution is 6.30. The molecule has 0 saturated heterocycles. The van der Waals surface area contributed by atoms with E-state index in [2.05, 4.69) is 13.8 Å². The molecule has 21 heavy (non-hydrogen) atoms. The Balaban J connectivity index is 1.80. The monoisotopic (exact) mass is 307 g/mol. The number of hydrogen-bond donors (Lipinski definition) is 1. The zero-order chi connectivity index (χ0) is 15.0. The highest BCUT2D eigenvalue weighted by Gasteiger charge is 2.36. The summed E-state index contributed by atoms with van der Waals surface area (Å²) in [4.78, 5) is 0. The molecule has 1 fully saturated rings. The number of fused-ring (bicyclic) bond motifs is 1. The summed E-state index contributed by atoms with van der Waals surface area (Å²) >= 11 is 6.26. The number of nitrogens with two attached hydrogens (primary N) is 1. The molecule has 1 saturated carbocycles. The third-order valence-electron chi connectivity index (χ3n) is 5.39. The Morgan fingerprint density at radius 2 is 2.19 bits per heavy atom. The van der Waals surface area contributed by atoms with Crippen LogP contribution in [0.15, 0.2) is 12.1 Å². The lowest BCUT2D eigenvalue weighted by atomic mass is 9.65. The van der Waals surface area contributed by atoms with Crippen LogP contribution in [-0.2, 0) is 12.8 Å². The molecular formula is C18H26ClNO. The van der Waals surface area contributed by atoms with Gasteiger partial charge in [-0.1, -0.05) is 38.3 Å². The number of rotatable bonds is 3. The van der Waals surface area contributed by atoms with Crippen LogP contribution in [0, 0.1) is 11.3 Å². The fraction of sp³-hybridized carbons (Fsp3) is 0.667. The topological polar surface area (TPSA) is 35.2 Å². The van der Waals surface area contributed by atoms with Gasteiger partial charge in [0.1, 0.15) is 5.75 Å². The van der Waals surface area contributed by atoms with Crippen molar-refractivity contribution >= 4 is 11.6 Å². The van der Waals surface area contributed by atoms with E-state index in [9.17, 15) is 0 Å². The summed E-state index contributed by atoms with van der Waals surface area (Å²) in [6.07, 6.45) is 7.02. The van der Waals surface area contributed by atoms with Crippen LogP contribution in [0.25, 0.3) is 0 Å². The quantitative estimate of drug-likeness (QED) is 0.900. The second-order valence-electron chi connectivity index (χ2n) is 7.36. The minimum atomic E-state index is 0.187. The molecule has 2 unspecified atom stereocenters. The van der Waals surface area contributed by atoms with E-state index in [0.717, 1.165) is 30.2 Å². The van der Waals surface area contributed by atoms with Crippen LogP contribution in [0.4, 0.5) is 0 Å². The summed E-state index contributed by atoms with van der Waals surface area (Å²) in [6.45, 7) is 5.51. The van der Waals surface area contributed by atoms with E-state index < -0.39 is 0 Å². The van der Waals surface area contributed by atoms with Crippen molar-refractivity contribution in [2.24, 2.45) is 17.1 Å². The van der Waals surface area contributed by atoms with Gasteiger partial charge >= 0.3 is 0 Å². The van der Waals surface area contributed by atoms with Crippen molar-refractivity contribution in [1.82, 2.24) is 0 Å². The van der Waals surface area contributed by atoms with Gasteiger partial charge in [0.2, 0.25) is 0 Å². The molecule has 0 bridgehead atoms. The Hall–Kier alpha value is -0.730. The molecular weight excluding hydrogens is 282 g/mol. The fourth-order valence-corrected chi connectivity index (χ4v) is 4.47. The molecule has 0 amide bonds. The Morgan fingerprint density at radius 1 is 1.38 bits per heavy atom. The number of halogens is 1. The normalized spacial score (nSPS) is 25.2. The average Bonchev–Trinajstić information content (AvgIpc) is 2.86. The lowest BCUT2D eigenvalue weighted by Gasteiger charge is -2.42. The van der Waals surface area contributed by atoms with Gasteiger partial charge in [0, 0.05) is 17.5 Å². The molecule has 2 N–H and O–H groups in total. The number of hydrogen-bond acceptors (Lipinski definition) is 2. The molecule has 0 radical (unpaired) electrons. The minimum absolute atomic E-state index is 0.187. The molecule has 2 nitrogen and oxygen atoms in total. The summed E-state index contributed by atoms with van der Waals surface area (Å²) in [5.41, 5.74) is 9.39. The van der Waals surface area contributed by atoms with Gasteiger partial charge < -0.3 is 10.5 Å². The molecule has 1 aromatic rings. The second kappa shape index (κ2) is 5.81. The van der Waals surface area contributed by atoms with Gasteiger partial charge in [-0.3, -0.25) is 0 Å². The molecule has 0 aromatic heterocycles. The first kappa shape index (κ1) is 15.2. The van der Waals surface area contributed by atoms with Crippen LogP contribution in [0.2, 0.25) is 5.02 Å². The summed E-state index contributed by atoms with van der Waals surface area (Å²) in [6, 6.07) is 4.26. The Kier molecular flexibility index (Phi) is 4.20. The maximum absolute atomic E-state index is 6.60. The average molecular weight is 308 g/mol. The number of ether oxygens (including phenoxy) is 1. The zero-order valence-electron chi connectivity index (χ0n) is 13.1. The van der Waals surface area contributed by atoms with E-state index in [1.54, 1.807) is 0 Å². The maximum Gasteiger partial charge on any atom is 0.125 e. The third kappa shape index (κ3) is 3.07. The van der Waals surface area contributed by atoms with Gasteiger partial charge in [0.15, 0.2) is 0 Å². The Labute approximate surface area is 133 Å². The van der Waals surface area contributed by atoms with Crippen molar-refractivity contribution in [2.45, 2.75) is 58.4 Å². The van der Waals surface area contributed by atoms with Crippen LogP contribution in [-0.4, -0.2) is 12.6 Å².